The summed E-state index contributed by atoms with van der Waals surface area (Å²) in [6, 6.07) is 18.3. The second-order valence-electron chi connectivity index (χ2n) is 6.40. The molecule has 0 bridgehead atoms. The summed E-state index contributed by atoms with van der Waals surface area (Å²) in [6.45, 7) is 3.93. The first-order valence-electron chi connectivity index (χ1n) is 8.99. The van der Waals surface area contributed by atoms with Gasteiger partial charge in [-0.15, -0.1) is 0 Å². The Labute approximate surface area is 164 Å². The Balaban J connectivity index is 1.70. The van der Waals surface area contributed by atoms with E-state index in [0.29, 0.717) is 17.1 Å². The molecular formula is C22H23N3O3. The number of benzene rings is 2. The van der Waals surface area contributed by atoms with Crippen LogP contribution in [0.3, 0.4) is 0 Å². The maximum absolute atomic E-state index is 12.5. The van der Waals surface area contributed by atoms with E-state index in [-0.39, 0.29) is 12.0 Å². The van der Waals surface area contributed by atoms with Crippen molar-refractivity contribution in [3.8, 4) is 11.5 Å². The van der Waals surface area contributed by atoms with E-state index in [4.69, 9.17) is 9.47 Å². The van der Waals surface area contributed by atoms with Gasteiger partial charge in [-0.25, -0.2) is 0 Å². The van der Waals surface area contributed by atoms with Crippen LogP contribution in [0.15, 0.2) is 66.9 Å². The van der Waals surface area contributed by atoms with Crippen molar-refractivity contribution < 1.29 is 14.3 Å². The first-order valence-corrected chi connectivity index (χ1v) is 8.99. The molecule has 3 rings (SSSR count). The Hall–Kier alpha value is -3.54. The molecule has 2 aromatic carbocycles. The topological polar surface area (TPSA) is 72.5 Å². The first-order chi connectivity index (χ1) is 13.5. The fourth-order valence-electron chi connectivity index (χ4n) is 2.62. The minimum Gasteiger partial charge on any atom is -0.495 e. The van der Waals surface area contributed by atoms with Gasteiger partial charge in [0, 0.05) is 17.6 Å². The zero-order valence-electron chi connectivity index (χ0n) is 16.1. The third-order valence-electron chi connectivity index (χ3n) is 3.86. The number of hydrogen-bond donors (Lipinski definition) is 2. The largest absolute Gasteiger partial charge is 0.495 e. The summed E-state index contributed by atoms with van der Waals surface area (Å²) in [5, 5.41) is 6.09. The minimum atomic E-state index is -0.291. The smallest absolute Gasteiger partial charge is 0.274 e. The highest BCUT2D eigenvalue weighted by atomic mass is 16.5. The maximum Gasteiger partial charge on any atom is 0.274 e. The minimum absolute atomic E-state index is 0.100. The standard InChI is InChI=1S/C22H23N3O3/c1-15(2)28-18-10-8-16(9-11-18)25-22(26)20-14-17(12-13-23-20)24-19-6-4-5-7-21(19)27-3/h4-15H,1-3H3,(H,23,24)(H,25,26). The highest BCUT2D eigenvalue weighted by Gasteiger charge is 2.10. The molecule has 0 saturated heterocycles. The van der Waals surface area contributed by atoms with E-state index in [2.05, 4.69) is 15.6 Å². The van der Waals surface area contributed by atoms with Gasteiger partial charge in [0.05, 0.1) is 18.9 Å². The number of ether oxygens (including phenoxy) is 2. The molecule has 6 nitrogen and oxygen atoms in total. The summed E-state index contributed by atoms with van der Waals surface area (Å²) in [7, 11) is 1.61. The van der Waals surface area contributed by atoms with E-state index < -0.39 is 0 Å². The monoisotopic (exact) mass is 377 g/mol. The van der Waals surface area contributed by atoms with Gasteiger partial charge in [-0.1, -0.05) is 12.1 Å². The Morgan fingerprint density at radius 2 is 1.75 bits per heavy atom. The quantitative estimate of drug-likeness (QED) is 0.614. The summed E-state index contributed by atoms with van der Waals surface area (Å²) < 4.78 is 10.9. The molecule has 28 heavy (non-hydrogen) atoms. The zero-order chi connectivity index (χ0) is 19.9. The number of pyridine rings is 1. The van der Waals surface area contributed by atoms with Crippen LogP contribution < -0.4 is 20.1 Å². The lowest BCUT2D eigenvalue weighted by molar-refractivity contribution is 0.102. The van der Waals surface area contributed by atoms with Crippen LogP contribution in [0.5, 0.6) is 11.5 Å². The number of anilines is 3. The molecular weight excluding hydrogens is 354 g/mol. The Bertz CT molecular complexity index is 940. The number of nitrogens with zero attached hydrogens (tertiary/aromatic N) is 1. The molecule has 1 aromatic heterocycles. The van der Waals surface area contributed by atoms with Gasteiger partial charge in [0.2, 0.25) is 0 Å². The van der Waals surface area contributed by atoms with Crippen molar-refractivity contribution in [2.45, 2.75) is 20.0 Å². The normalized spacial score (nSPS) is 10.4. The molecule has 144 valence electrons. The molecule has 0 fully saturated rings. The van der Waals surface area contributed by atoms with Crippen LogP contribution in [0.1, 0.15) is 24.3 Å². The van der Waals surface area contributed by atoms with E-state index >= 15 is 0 Å². The van der Waals surface area contributed by atoms with E-state index in [1.165, 1.54) is 0 Å². The summed E-state index contributed by atoms with van der Waals surface area (Å²) in [5.74, 6) is 1.18. The number of aromatic nitrogens is 1. The molecule has 0 saturated carbocycles. The van der Waals surface area contributed by atoms with Crippen molar-refractivity contribution in [2.24, 2.45) is 0 Å². The molecule has 0 radical (unpaired) electrons. The molecule has 0 unspecified atom stereocenters. The molecule has 0 aliphatic rings. The van der Waals surface area contributed by atoms with Crippen LogP contribution in [0, 0.1) is 0 Å². The SMILES string of the molecule is COc1ccccc1Nc1ccnc(C(=O)Nc2ccc(OC(C)C)cc2)c1. The van der Waals surface area contributed by atoms with Gasteiger partial charge in [0.15, 0.2) is 0 Å². The van der Waals surface area contributed by atoms with Crippen molar-refractivity contribution in [3.63, 3.8) is 0 Å². The van der Waals surface area contributed by atoms with Crippen LogP contribution >= 0.6 is 0 Å². The molecule has 3 aromatic rings. The fraction of sp³-hybridized carbons (Fsp3) is 0.182. The lowest BCUT2D eigenvalue weighted by Gasteiger charge is -2.12. The summed E-state index contributed by atoms with van der Waals surface area (Å²) in [6.07, 6.45) is 1.69. The first kappa shape index (κ1) is 19.2. The zero-order valence-corrected chi connectivity index (χ0v) is 16.1. The number of amides is 1. The molecule has 0 atom stereocenters. The van der Waals surface area contributed by atoms with Gasteiger partial charge < -0.3 is 20.1 Å². The second kappa shape index (κ2) is 8.90. The van der Waals surface area contributed by atoms with Gasteiger partial charge >= 0.3 is 0 Å². The van der Waals surface area contributed by atoms with Gasteiger partial charge in [0.1, 0.15) is 17.2 Å². The highest BCUT2D eigenvalue weighted by molar-refractivity contribution is 6.03. The summed E-state index contributed by atoms with van der Waals surface area (Å²) >= 11 is 0. The summed E-state index contributed by atoms with van der Waals surface area (Å²) in [4.78, 5) is 16.7. The molecule has 1 amide bonds. The lowest BCUT2D eigenvalue weighted by Crippen LogP contribution is -2.14. The van der Waals surface area contributed by atoms with Crippen LogP contribution in [0.2, 0.25) is 0 Å². The number of carbonyl (C=O) groups excluding carboxylic acids is 1. The maximum atomic E-state index is 12.5. The Morgan fingerprint density at radius 3 is 2.46 bits per heavy atom. The van der Waals surface area contributed by atoms with Crippen LogP contribution in [0.4, 0.5) is 17.1 Å². The van der Waals surface area contributed by atoms with Crippen LogP contribution in [-0.2, 0) is 0 Å². The highest BCUT2D eigenvalue weighted by Crippen LogP contribution is 2.27. The number of rotatable bonds is 7. The third kappa shape index (κ3) is 5.01. The van der Waals surface area contributed by atoms with E-state index in [1.54, 1.807) is 37.6 Å². The van der Waals surface area contributed by atoms with Crippen molar-refractivity contribution in [1.29, 1.82) is 0 Å². The van der Waals surface area contributed by atoms with Crippen molar-refractivity contribution >= 4 is 23.0 Å². The Kier molecular flexibility index (Phi) is 6.11. The predicted octanol–water partition coefficient (Wildman–Crippen LogP) is 4.87. The molecule has 6 heteroatoms. The molecule has 1 heterocycles. The molecule has 0 aliphatic carbocycles. The van der Waals surface area contributed by atoms with Gasteiger partial charge in [0.25, 0.3) is 5.91 Å². The number of nitrogens with one attached hydrogen (secondary N) is 2. The average Bonchev–Trinajstić information content (AvgIpc) is 2.70. The lowest BCUT2D eigenvalue weighted by atomic mass is 10.2. The summed E-state index contributed by atoms with van der Waals surface area (Å²) in [5.41, 5.74) is 2.53. The van der Waals surface area contributed by atoms with Gasteiger partial charge in [-0.05, 0) is 62.4 Å². The number of para-hydroxylation sites is 2. The van der Waals surface area contributed by atoms with E-state index in [9.17, 15) is 4.79 Å². The average molecular weight is 377 g/mol. The van der Waals surface area contributed by atoms with Crippen LogP contribution in [-0.4, -0.2) is 24.1 Å². The third-order valence-corrected chi connectivity index (χ3v) is 3.86. The number of carbonyl (C=O) groups is 1. The van der Waals surface area contributed by atoms with E-state index in [1.807, 2.05) is 50.2 Å². The van der Waals surface area contributed by atoms with Crippen molar-refractivity contribution in [2.75, 3.05) is 17.7 Å². The number of methoxy groups -OCH3 is 1. The second-order valence-corrected chi connectivity index (χ2v) is 6.40. The van der Waals surface area contributed by atoms with Crippen molar-refractivity contribution in [3.05, 3.63) is 72.6 Å². The van der Waals surface area contributed by atoms with Crippen molar-refractivity contribution in [1.82, 2.24) is 4.98 Å². The number of hydrogen-bond acceptors (Lipinski definition) is 5. The molecule has 0 spiro atoms. The van der Waals surface area contributed by atoms with Gasteiger partial charge in [-0.2, -0.15) is 0 Å². The molecule has 2 N–H and O–H groups in total. The van der Waals surface area contributed by atoms with Crippen LogP contribution in [0.25, 0.3) is 0 Å². The predicted molar refractivity (Wildman–Crippen MR) is 111 cm³/mol. The Morgan fingerprint density at radius 1 is 1.00 bits per heavy atom. The van der Waals surface area contributed by atoms with Gasteiger partial charge in [-0.3, -0.25) is 9.78 Å². The molecule has 0 aliphatic heterocycles. The fourth-order valence-corrected chi connectivity index (χ4v) is 2.62. The van der Waals surface area contributed by atoms with E-state index in [0.717, 1.165) is 17.1 Å².